The van der Waals surface area contributed by atoms with Crippen LogP contribution in [0, 0.1) is 6.92 Å². The van der Waals surface area contributed by atoms with Crippen LogP contribution in [0.5, 0.6) is 0 Å². The predicted octanol–water partition coefficient (Wildman–Crippen LogP) is 3.88. The van der Waals surface area contributed by atoms with Gasteiger partial charge in [0.2, 0.25) is 0 Å². The normalized spacial score (nSPS) is 15.9. The molecule has 1 aromatic carbocycles. The largest absolute Gasteiger partial charge is 0.385 e. The molecular weight excluding hydrogens is 248 g/mol. The SMILES string of the molecule is CCCNc1ccc(C(=O)NC2CCCCC2)c(C)c1. The van der Waals surface area contributed by atoms with Gasteiger partial charge in [-0.3, -0.25) is 4.79 Å². The molecule has 1 saturated carbocycles. The fourth-order valence-electron chi connectivity index (χ4n) is 2.81. The van der Waals surface area contributed by atoms with Crippen molar-refractivity contribution in [2.45, 2.75) is 58.4 Å². The fraction of sp³-hybridized carbons (Fsp3) is 0.588. The van der Waals surface area contributed by atoms with E-state index in [4.69, 9.17) is 0 Å². The molecule has 20 heavy (non-hydrogen) atoms. The molecule has 1 aromatic rings. The highest BCUT2D eigenvalue weighted by Gasteiger charge is 2.17. The molecule has 0 aromatic heterocycles. The highest BCUT2D eigenvalue weighted by molar-refractivity contribution is 5.96. The second kappa shape index (κ2) is 7.32. The van der Waals surface area contributed by atoms with Gasteiger partial charge >= 0.3 is 0 Å². The van der Waals surface area contributed by atoms with Crippen LogP contribution in [0.25, 0.3) is 0 Å². The third-order valence-corrected chi connectivity index (χ3v) is 3.99. The van der Waals surface area contributed by atoms with Crippen molar-refractivity contribution in [3.63, 3.8) is 0 Å². The van der Waals surface area contributed by atoms with E-state index < -0.39 is 0 Å². The minimum atomic E-state index is 0.0800. The van der Waals surface area contributed by atoms with Crippen molar-refractivity contribution in [2.24, 2.45) is 0 Å². The Kier molecular flexibility index (Phi) is 5.45. The zero-order valence-corrected chi connectivity index (χ0v) is 12.7. The van der Waals surface area contributed by atoms with Crippen molar-refractivity contribution in [3.8, 4) is 0 Å². The Labute approximate surface area is 122 Å². The number of carbonyl (C=O) groups is 1. The van der Waals surface area contributed by atoms with E-state index in [1.165, 1.54) is 19.3 Å². The Morgan fingerprint density at radius 1 is 1.25 bits per heavy atom. The Balaban J connectivity index is 1.98. The summed E-state index contributed by atoms with van der Waals surface area (Å²) in [7, 11) is 0. The second-order valence-corrected chi connectivity index (χ2v) is 5.76. The maximum atomic E-state index is 12.3. The first-order valence-electron chi connectivity index (χ1n) is 7.86. The van der Waals surface area contributed by atoms with E-state index in [0.717, 1.165) is 42.6 Å². The Morgan fingerprint density at radius 3 is 2.65 bits per heavy atom. The zero-order valence-electron chi connectivity index (χ0n) is 12.7. The van der Waals surface area contributed by atoms with Gasteiger partial charge in [-0.2, -0.15) is 0 Å². The van der Waals surface area contributed by atoms with E-state index in [1.54, 1.807) is 0 Å². The molecule has 1 aliphatic rings. The van der Waals surface area contributed by atoms with Crippen LogP contribution in [0.15, 0.2) is 18.2 Å². The number of nitrogens with one attached hydrogen (secondary N) is 2. The minimum Gasteiger partial charge on any atom is -0.385 e. The van der Waals surface area contributed by atoms with E-state index in [2.05, 4.69) is 23.6 Å². The molecule has 0 saturated heterocycles. The molecule has 0 spiro atoms. The molecule has 0 heterocycles. The average molecular weight is 274 g/mol. The zero-order chi connectivity index (χ0) is 14.4. The van der Waals surface area contributed by atoms with E-state index in [1.807, 2.05) is 19.1 Å². The average Bonchev–Trinajstić information content (AvgIpc) is 2.46. The summed E-state index contributed by atoms with van der Waals surface area (Å²) < 4.78 is 0. The van der Waals surface area contributed by atoms with Crippen LogP contribution >= 0.6 is 0 Å². The van der Waals surface area contributed by atoms with Gasteiger partial charge in [0.25, 0.3) is 5.91 Å². The molecular formula is C17H26N2O. The van der Waals surface area contributed by atoms with Crippen molar-refractivity contribution in [2.75, 3.05) is 11.9 Å². The van der Waals surface area contributed by atoms with Gasteiger partial charge in [-0.1, -0.05) is 26.2 Å². The van der Waals surface area contributed by atoms with Gasteiger partial charge in [0.15, 0.2) is 0 Å². The van der Waals surface area contributed by atoms with Crippen LogP contribution in [0.3, 0.4) is 0 Å². The lowest BCUT2D eigenvalue weighted by molar-refractivity contribution is 0.0927. The molecule has 3 heteroatoms. The first-order chi connectivity index (χ1) is 9.70. The molecule has 0 atom stereocenters. The first kappa shape index (κ1) is 14.9. The molecule has 1 amide bonds. The Morgan fingerprint density at radius 2 is 2.00 bits per heavy atom. The summed E-state index contributed by atoms with van der Waals surface area (Å²) in [6.07, 6.45) is 7.14. The molecule has 0 bridgehead atoms. The minimum absolute atomic E-state index is 0.0800. The van der Waals surface area contributed by atoms with E-state index in [0.29, 0.717) is 6.04 Å². The summed E-state index contributed by atoms with van der Waals surface area (Å²) in [6, 6.07) is 6.36. The van der Waals surface area contributed by atoms with E-state index >= 15 is 0 Å². The van der Waals surface area contributed by atoms with Gasteiger partial charge < -0.3 is 10.6 Å². The Hall–Kier alpha value is -1.51. The van der Waals surface area contributed by atoms with Crippen LogP contribution in [0.2, 0.25) is 0 Å². The predicted molar refractivity (Wildman–Crippen MR) is 84.3 cm³/mol. The van der Waals surface area contributed by atoms with Crippen molar-refractivity contribution >= 4 is 11.6 Å². The summed E-state index contributed by atoms with van der Waals surface area (Å²) in [5.74, 6) is 0.0800. The van der Waals surface area contributed by atoms with Gasteiger partial charge in [0.1, 0.15) is 0 Å². The standard InChI is InChI=1S/C17H26N2O/c1-3-11-18-15-9-10-16(13(2)12-15)17(20)19-14-7-5-4-6-8-14/h9-10,12,14,18H,3-8,11H2,1-2H3,(H,19,20). The number of aryl methyl sites for hydroxylation is 1. The molecule has 2 N–H and O–H groups in total. The van der Waals surface area contributed by atoms with Crippen molar-refractivity contribution < 1.29 is 4.79 Å². The highest BCUT2D eigenvalue weighted by atomic mass is 16.1. The number of hydrogen-bond acceptors (Lipinski definition) is 2. The summed E-state index contributed by atoms with van der Waals surface area (Å²) in [5, 5.41) is 6.53. The summed E-state index contributed by atoms with van der Waals surface area (Å²) in [5.41, 5.74) is 2.94. The molecule has 0 unspecified atom stereocenters. The van der Waals surface area contributed by atoms with Gasteiger partial charge in [-0.25, -0.2) is 0 Å². The maximum absolute atomic E-state index is 12.3. The van der Waals surface area contributed by atoms with Gasteiger partial charge in [0, 0.05) is 23.8 Å². The molecule has 1 fully saturated rings. The van der Waals surface area contributed by atoms with E-state index in [9.17, 15) is 4.79 Å². The molecule has 3 nitrogen and oxygen atoms in total. The highest BCUT2D eigenvalue weighted by Crippen LogP contribution is 2.19. The molecule has 1 aliphatic carbocycles. The van der Waals surface area contributed by atoms with Crippen molar-refractivity contribution in [1.29, 1.82) is 0 Å². The number of hydrogen-bond donors (Lipinski definition) is 2. The lowest BCUT2D eigenvalue weighted by Gasteiger charge is -2.23. The van der Waals surface area contributed by atoms with Gasteiger partial charge in [-0.15, -0.1) is 0 Å². The molecule has 110 valence electrons. The number of amides is 1. The lowest BCUT2D eigenvalue weighted by Crippen LogP contribution is -2.36. The molecule has 0 radical (unpaired) electrons. The topological polar surface area (TPSA) is 41.1 Å². The fourth-order valence-corrected chi connectivity index (χ4v) is 2.81. The number of benzene rings is 1. The summed E-state index contributed by atoms with van der Waals surface area (Å²) in [6.45, 7) is 5.12. The number of carbonyl (C=O) groups excluding carboxylic acids is 1. The Bertz CT molecular complexity index is 450. The van der Waals surface area contributed by atoms with Crippen LogP contribution in [0.1, 0.15) is 61.4 Å². The third kappa shape index (κ3) is 3.99. The summed E-state index contributed by atoms with van der Waals surface area (Å²) in [4.78, 5) is 12.3. The van der Waals surface area contributed by atoms with Gasteiger partial charge in [0.05, 0.1) is 0 Å². The quantitative estimate of drug-likeness (QED) is 0.855. The maximum Gasteiger partial charge on any atom is 0.251 e. The van der Waals surface area contributed by atoms with Crippen LogP contribution in [0.4, 0.5) is 5.69 Å². The molecule has 2 rings (SSSR count). The molecule has 0 aliphatic heterocycles. The van der Waals surface area contributed by atoms with Crippen molar-refractivity contribution in [3.05, 3.63) is 29.3 Å². The van der Waals surface area contributed by atoms with Crippen LogP contribution in [-0.4, -0.2) is 18.5 Å². The first-order valence-corrected chi connectivity index (χ1v) is 7.86. The van der Waals surface area contributed by atoms with E-state index in [-0.39, 0.29) is 5.91 Å². The smallest absolute Gasteiger partial charge is 0.251 e. The van der Waals surface area contributed by atoms with Crippen molar-refractivity contribution in [1.82, 2.24) is 5.32 Å². The summed E-state index contributed by atoms with van der Waals surface area (Å²) >= 11 is 0. The number of anilines is 1. The van der Waals surface area contributed by atoms with Gasteiger partial charge in [-0.05, 0) is 49.9 Å². The van der Waals surface area contributed by atoms with Crippen LogP contribution in [-0.2, 0) is 0 Å². The third-order valence-electron chi connectivity index (χ3n) is 3.99. The monoisotopic (exact) mass is 274 g/mol. The lowest BCUT2D eigenvalue weighted by atomic mass is 9.95. The second-order valence-electron chi connectivity index (χ2n) is 5.76. The van der Waals surface area contributed by atoms with Crippen LogP contribution < -0.4 is 10.6 Å². The number of rotatable bonds is 5.